The smallest absolute Gasteiger partial charge is 0.302 e. The average Bonchev–Trinajstić information content (AvgIpc) is 2.94. The van der Waals surface area contributed by atoms with Gasteiger partial charge in [-0.15, -0.1) is 0 Å². The molecule has 2 aliphatic carbocycles. The Hall–Kier alpha value is -1.95. The lowest BCUT2D eigenvalue weighted by Gasteiger charge is -2.14. The van der Waals surface area contributed by atoms with E-state index < -0.39 is 6.10 Å². The molecule has 2 aliphatic rings. The minimum absolute atomic E-state index is 0.177. The Labute approximate surface area is 135 Å². The van der Waals surface area contributed by atoms with Crippen LogP contribution in [0.25, 0.3) is 20.9 Å². The van der Waals surface area contributed by atoms with Gasteiger partial charge in [0, 0.05) is 16.7 Å². The predicted molar refractivity (Wildman–Crippen MR) is 84.2 cm³/mol. The molecule has 0 aromatic carbocycles. The van der Waals surface area contributed by atoms with Gasteiger partial charge in [0.2, 0.25) is 0 Å². The summed E-state index contributed by atoms with van der Waals surface area (Å²) in [4.78, 5) is 16.1. The largest absolute Gasteiger partial charge is 0.462 e. The van der Waals surface area contributed by atoms with Crippen LogP contribution in [0.3, 0.4) is 0 Å². The summed E-state index contributed by atoms with van der Waals surface area (Å²) in [6.07, 6.45) is 2.56. The van der Waals surface area contributed by atoms with Gasteiger partial charge < -0.3 is 9.84 Å². The van der Waals surface area contributed by atoms with Crippen LogP contribution in [0.15, 0.2) is 10.2 Å². The highest BCUT2D eigenvalue weighted by Crippen LogP contribution is 2.30. The van der Waals surface area contributed by atoms with Gasteiger partial charge in [0.15, 0.2) is 0 Å². The lowest BCUT2D eigenvalue weighted by Crippen LogP contribution is -2.23. The molecule has 0 radical (unpaired) electrons. The number of carbonyl (C=O) groups excluding carboxylic acids is 1. The predicted octanol–water partition coefficient (Wildman–Crippen LogP) is 3.48. The first-order chi connectivity index (χ1) is 10.9. The fourth-order valence-electron chi connectivity index (χ4n) is 3.17. The Kier molecular flexibility index (Phi) is 7.68. The second kappa shape index (κ2) is 9.25. The summed E-state index contributed by atoms with van der Waals surface area (Å²) in [5.74, 6) is 0.641. The van der Waals surface area contributed by atoms with E-state index in [1.807, 2.05) is 0 Å². The average molecular weight is 324 g/mol. The van der Waals surface area contributed by atoms with E-state index in [0.29, 0.717) is 11.8 Å². The normalized spacial score (nSPS) is 35.3. The standard InChI is InChI=1S/C8H13N3O2.C6H11N3O/c1-5-3-7(10-11-9)8(4-5)13-6(2)12;1-4-2-5(8-9-7)6(10)3-4/h5,7-8H,3-4H2,1-2H3;4-6,10H,2-3H2,1H3/t5-,7+,8+;4-,5+,6+/m11/s1. The summed E-state index contributed by atoms with van der Waals surface area (Å²) in [7, 11) is 0. The third kappa shape index (κ3) is 6.36. The van der Waals surface area contributed by atoms with E-state index in [1.165, 1.54) is 6.92 Å². The molecule has 23 heavy (non-hydrogen) atoms. The van der Waals surface area contributed by atoms with E-state index >= 15 is 0 Å². The van der Waals surface area contributed by atoms with Gasteiger partial charge >= 0.3 is 5.97 Å². The summed E-state index contributed by atoms with van der Waals surface area (Å²) in [5, 5.41) is 16.3. The topological polar surface area (TPSA) is 144 Å². The molecular weight excluding hydrogens is 300 g/mol. The molecule has 2 saturated carbocycles. The van der Waals surface area contributed by atoms with Crippen molar-refractivity contribution in [1.29, 1.82) is 0 Å². The van der Waals surface area contributed by atoms with Crippen molar-refractivity contribution in [2.24, 2.45) is 22.1 Å². The monoisotopic (exact) mass is 324 g/mol. The van der Waals surface area contributed by atoms with E-state index in [-0.39, 0.29) is 24.2 Å². The molecule has 0 saturated heterocycles. The SMILES string of the molecule is CC(=O)O[C@H]1C[C@H](C)C[C@@H]1N=[N+]=[N-].C[C@@H]1C[C@H](N=[N+]=[N-])[C@@H](O)C1. The molecule has 0 spiro atoms. The first-order valence-electron chi connectivity index (χ1n) is 7.81. The maximum Gasteiger partial charge on any atom is 0.302 e. The second-order valence-corrected chi connectivity index (χ2v) is 6.41. The summed E-state index contributed by atoms with van der Waals surface area (Å²) in [6.45, 7) is 5.48. The van der Waals surface area contributed by atoms with Gasteiger partial charge in [0.1, 0.15) is 6.10 Å². The molecule has 2 rings (SSSR count). The van der Waals surface area contributed by atoms with Gasteiger partial charge in [-0.25, -0.2) is 0 Å². The molecule has 0 bridgehead atoms. The summed E-state index contributed by atoms with van der Waals surface area (Å²) in [5.41, 5.74) is 16.4. The molecule has 0 heterocycles. The Balaban J connectivity index is 0.000000238. The third-order valence-electron chi connectivity index (χ3n) is 4.16. The first-order valence-corrected chi connectivity index (χ1v) is 7.81. The molecule has 0 amide bonds. The van der Waals surface area contributed by atoms with Gasteiger partial charge in [-0.1, -0.05) is 24.1 Å². The number of aliphatic hydroxyl groups excluding tert-OH is 1. The number of rotatable bonds is 3. The number of ether oxygens (including phenoxy) is 1. The van der Waals surface area contributed by atoms with Crippen molar-refractivity contribution in [3.63, 3.8) is 0 Å². The summed E-state index contributed by atoms with van der Waals surface area (Å²) >= 11 is 0. The Morgan fingerprint density at radius 1 is 1.04 bits per heavy atom. The van der Waals surface area contributed by atoms with Gasteiger partial charge in [-0.3, -0.25) is 4.79 Å². The molecule has 0 aromatic heterocycles. The zero-order valence-corrected chi connectivity index (χ0v) is 13.7. The van der Waals surface area contributed by atoms with E-state index in [0.717, 1.165) is 25.7 Å². The van der Waals surface area contributed by atoms with Crippen LogP contribution in [-0.2, 0) is 9.53 Å². The van der Waals surface area contributed by atoms with E-state index in [4.69, 9.17) is 15.8 Å². The molecule has 9 nitrogen and oxygen atoms in total. The number of nitrogens with zero attached hydrogens (tertiary/aromatic N) is 6. The highest BCUT2D eigenvalue weighted by atomic mass is 16.5. The number of esters is 1. The summed E-state index contributed by atoms with van der Waals surface area (Å²) in [6, 6.07) is -0.358. The lowest BCUT2D eigenvalue weighted by atomic mass is 10.1. The van der Waals surface area contributed by atoms with Gasteiger partial charge in [-0.05, 0) is 48.6 Å². The van der Waals surface area contributed by atoms with Crippen molar-refractivity contribution < 1.29 is 14.6 Å². The fourth-order valence-corrected chi connectivity index (χ4v) is 3.17. The number of aliphatic hydroxyl groups is 1. The first kappa shape index (κ1) is 19.1. The molecule has 128 valence electrons. The molecule has 6 atom stereocenters. The number of azide groups is 2. The fraction of sp³-hybridized carbons (Fsp3) is 0.929. The molecule has 9 heteroatoms. The van der Waals surface area contributed by atoms with Gasteiger partial charge in [0.25, 0.3) is 0 Å². The van der Waals surface area contributed by atoms with Crippen LogP contribution in [0.4, 0.5) is 0 Å². The van der Waals surface area contributed by atoms with Crippen LogP contribution < -0.4 is 0 Å². The van der Waals surface area contributed by atoms with Crippen molar-refractivity contribution in [3.8, 4) is 0 Å². The molecular formula is C14H24N6O3. The van der Waals surface area contributed by atoms with Crippen LogP contribution in [0, 0.1) is 11.8 Å². The van der Waals surface area contributed by atoms with Crippen LogP contribution in [0.2, 0.25) is 0 Å². The van der Waals surface area contributed by atoms with Crippen molar-refractivity contribution in [2.45, 2.75) is 70.7 Å². The van der Waals surface area contributed by atoms with E-state index in [1.54, 1.807) is 0 Å². The maximum absolute atomic E-state index is 10.7. The lowest BCUT2D eigenvalue weighted by molar-refractivity contribution is -0.146. The maximum atomic E-state index is 10.7. The minimum atomic E-state index is -0.411. The quantitative estimate of drug-likeness (QED) is 0.367. The molecule has 0 aliphatic heterocycles. The zero-order valence-electron chi connectivity index (χ0n) is 13.7. The van der Waals surface area contributed by atoms with Crippen molar-refractivity contribution in [3.05, 3.63) is 20.9 Å². The van der Waals surface area contributed by atoms with Crippen molar-refractivity contribution in [1.82, 2.24) is 0 Å². The molecule has 0 unspecified atom stereocenters. The Bertz CT molecular complexity index is 501. The molecule has 1 N–H and O–H groups in total. The highest BCUT2D eigenvalue weighted by Gasteiger charge is 2.33. The van der Waals surface area contributed by atoms with E-state index in [2.05, 4.69) is 33.9 Å². The zero-order chi connectivity index (χ0) is 17.4. The molecule has 0 aromatic rings. The molecule has 2 fully saturated rings. The second-order valence-electron chi connectivity index (χ2n) is 6.41. The van der Waals surface area contributed by atoms with Gasteiger partial charge in [-0.2, -0.15) is 0 Å². The Morgan fingerprint density at radius 2 is 1.57 bits per heavy atom. The van der Waals surface area contributed by atoms with Crippen LogP contribution in [0.1, 0.15) is 46.5 Å². The van der Waals surface area contributed by atoms with Gasteiger partial charge in [0.05, 0.1) is 18.2 Å². The summed E-state index contributed by atoms with van der Waals surface area (Å²) < 4.78 is 5.04. The number of hydrogen-bond acceptors (Lipinski definition) is 5. The number of carbonyl (C=O) groups is 1. The van der Waals surface area contributed by atoms with Crippen LogP contribution >= 0.6 is 0 Å². The Morgan fingerprint density at radius 3 is 2.04 bits per heavy atom. The third-order valence-corrected chi connectivity index (χ3v) is 4.16. The van der Waals surface area contributed by atoms with E-state index in [9.17, 15) is 9.90 Å². The van der Waals surface area contributed by atoms with Crippen LogP contribution in [0.5, 0.6) is 0 Å². The minimum Gasteiger partial charge on any atom is -0.462 e. The van der Waals surface area contributed by atoms with Crippen molar-refractivity contribution >= 4 is 5.97 Å². The number of hydrogen-bond donors (Lipinski definition) is 1. The van der Waals surface area contributed by atoms with Crippen molar-refractivity contribution in [2.75, 3.05) is 0 Å². The van der Waals surface area contributed by atoms with Crippen LogP contribution in [-0.4, -0.2) is 35.4 Å². The highest BCUT2D eigenvalue weighted by molar-refractivity contribution is 5.66.